The van der Waals surface area contributed by atoms with Gasteiger partial charge in [0.15, 0.2) is 0 Å². The summed E-state index contributed by atoms with van der Waals surface area (Å²) in [6.07, 6.45) is 0. The monoisotopic (exact) mass is 276 g/mol. The summed E-state index contributed by atoms with van der Waals surface area (Å²) in [7, 11) is 5.42. The van der Waals surface area contributed by atoms with E-state index in [1.54, 1.807) is 14.2 Å². The average molecular weight is 276 g/mol. The third kappa shape index (κ3) is 2.04. The standard InChI is InChI=1S/C16H24N2O2/c1-10-15(16(2,3)9-17)14-12(18(10)4)7-11(19-5)8-13(14)20-6/h7-8H,9,17H2,1-6H3. The van der Waals surface area contributed by atoms with Gasteiger partial charge >= 0.3 is 0 Å². The third-order valence-electron chi connectivity index (χ3n) is 4.17. The van der Waals surface area contributed by atoms with Gasteiger partial charge in [-0.25, -0.2) is 0 Å². The van der Waals surface area contributed by atoms with Crippen molar-refractivity contribution in [2.24, 2.45) is 12.8 Å². The van der Waals surface area contributed by atoms with E-state index >= 15 is 0 Å². The maximum atomic E-state index is 5.98. The van der Waals surface area contributed by atoms with Gasteiger partial charge in [-0.05, 0) is 12.5 Å². The Hall–Kier alpha value is -1.68. The first-order valence-electron chi connectivity index (χ1n) is 6.79. The van der Waals surface area contributed by atoms with Crippen LogP contribution in [0.15, 0.2) is 12.1 Å². The van der Waals surface area contributed by atoms with Crippen LogP contribution in [-0.4, -0.2) is 25.3 Å². The Labute approximate surface area is 120 Å². The van der Waals surface area contributed by atoms with Crippen molar-refractivity contribution in [3.05, 3.63) is 23.4 Å². The molecule has 4 nitrogen and oxygen atoms in total. The summed E-state index contributed by atoms with van der Waals surface area (Å²) in [6, 6.07) is 3.97. The summed E-state index contributed by atoms with van der Waals surface area (Å²) < 4.78 is 13.1. The SMILES string of the molecule is COc1cc(OC)c2c(C(C)(C)CN)c(C)n(C)c2c1. The highest BCUT2D eigenvalue weighted by Crippen LogP contribution is 2.41. The Morgan fingerprint density at radius 3 is 2.35 bits per heavy atom. The molecule has 2 rings (SSSR count). The van der Waals surface area contributed by atoms with Crippen molar-refractivity contribution in [1.82, 2.24) is 4.57 Å². The van der Waals surface area contributed by atoms with Crippen molar-refractivity contribution in [3.63, 3.8) is 0 Å². The number of aryl methyl sites for hydroxylation is 1. The molecule has 4 heteroatoms. The molecule has 0 saturated carbocycles. The fourth-order valence-corrected chi connectivity index (χ4v) is 2.83. The van der Waals surface area contributed by atoms with E-state index in [2.05, 4.69) is 32.4 Å². The third-order valence-corrected chi connectivity index (χ3v) is 4.17. The Bertz CT molecular complexity index is 642. The normalized spacial score (nSPS) is 11.9. The highest BCUT2D eigenvalue weighted by molar-refractivity contribution is 5.93. The fraction of sp³-hybridized carbons (Fsp3) is 0.500. The van der Waals surface area contributed by atoms with E-state index in [0.717, 1.165) is 22.4 Å². The van der Waals surface area contributed by atoms with Gasteiger partial charge in [0.05, 0.1) is 19.7 Å². The molecule has 2 aromatic rings. The number of ether oxygens (including phenoxy) is 2. The van der Waals surface area contributed by atoms with Gasteiger partial charge in [-0.2, -0.15) is 0 Å². The fourth-order valence-electron chi connectivity index (χ4n) is 2.83. The number of hydrogen-bond acceptors (Lipinski definition) is 3. The number of hydrogen-bond donors (Lipinski definition) is 1. The van der Waals surface area contributed by atoms with Crippen LogP contribution in [-0.2, 0) is 12.5 Å². The Kier molecular flexibility index (Phi) is 3.69. The molecule has 0 bridgehead atoms. The zero-order valence-corrected chi connectivity index (χ0v) is 13.2. The minimum atomic E-state index is -0.106. The molecule has 1 heterocycles. The highest BCUT2D eigenvalue weighted by atomic mass is 16.5. The number of rotatable bonds is 4. The quantitative estimate of drug-likeness (QED) is 0.934. The van der Waals surface area contributed by atoms with Crippen LogP contribution < -0.4 is 15.2 Å². The summed E-state index contributed by atoms with van der Waals surface area (Å²) in [4.78, 5) is 0. The molecular weight excluding hydrogens is 252 g/mol. The smallest absolute Gasteiger partial charge is 0.132 e. The molecule has 0 amide bonds. The van der Waals surface area contributed by atoms with E-state index < -0.39 is 0 Å². The van der Waals surface area contributed by atoms with Crippen LogP contribution in [0.1, 0.15) is 25.1 Å². The van der Waals surface area contributed by atoms with Gasteiger partial charge in [0.25, 0.3) is 0 Å². The van der Waals surface area contributed by atoms with Crippen LogP contribution in [0.4, 0.5) is 0 Å². The van der Waals surface area contributed by atoms with Crippen molar-refractivity contribution < 1.29 is 9.47 Å². The topological polar surface area (TPSA) is 49.4 Å². The number of aromatic nitrogens is 1. The molecule has 0 saturated heterocycles. The summed E-state index contributed by atoms with van der Waals surface area (Å²) in [6.45, 7) is 7.04. The molecule has 0 aliphatic carbocycles. The molecule has 1 aromatic heterocycles. The van der Waals surface area contributed by atoms with Crippen molar-refractivity contribution >= 4 is 10.9 Å². The van der Waals surface area contributed by atoms with Gasteiger partial charge in [-0.1, -0.05) is 13.8 Å². The van der Waals surface area contributed by atoms with Crippen molar-refractivity contribution in [1.29, 1.82) is 0 Å². The highest BCUT2D eigenvalue weighted by Gasteiger charge is 2.28. The maximum absolute atomic E-state index is 5.98. The lowest BCUT2D eigenvalue weighted by molar-refractivity contribution is 0.397. The number of nitrogens with zero attached hydrogens (tertiary/aromatic N) is 1. The van der Waals surface area contributed by atoms with E-state index in [-0.39, 0.29) is 5.41 Å². The summed E-state index contributed by atoms with van der Waals surface area (Å²) >= 11 is 0. The first-order chi connectivity index (χ1) is 9.37. The first kappa shape index (κ1) is 14.7. The van der Waals surface area contributed by atoms with Crippen LogP contribution in [0.3, 0.4) is 0 Å². The Morgan fingerprint density at radius 1 is 1.20 bits per heavy atom. The second-order valence-corrected chi connectivity index (χ2v) is 5.83. The van der Waals surface area contributed by atoms with Gasteiger partial charge in [0, 0.05) is 42.2 Å². The molecule has 0 aliphatic heterocycles. The average Bonchev–Trinajstić information content (AvgIpc) is 2.70. The molecule has 0 fully saturated rings. The maximum Gasteiger partial charge on any atom is 0.132 e. The molecule has 1 aromatic carbocycles. The molecule has 0 unspecified atom stereocenters. The van der Waals surface area contributed by atoms with Gasteiger partial charge in [-0.3, -0.25) is 0 Å². The van der Waals surface area contributed by atoms with E-state index in [0.29, 0.717) is 6.54 Å². The summed E-state index contributed by atoms with van der Waals surface area (Å²) in [5.41, 5.74) is 9.44. The molecule has 0 aliphatic rings. The van der Waals surface area contributed by atoms with E-state index in [1.165, 1.54) is 11.3 Å². The molecular formula is C16H24N2O2. The van der Waals surface area contributed by atoms with Gasteiger partial charge in [0.1, 0.15) is 11.5 Å². The van der Waals surface area contributed by atoms with Crippen LogP contribution in [0.25, 0.3) is 10.9 Å². The van der Waals surface area contributed by atoms with Gasteiger partial charge < -0.3 is 19.8 Å². The minimum Gasteiger partial charge on any atom is -0.497 e. The molecule has 110 valence electrons. The Balaban J connectivity index is 2.93. The summed E-state index contributed by atoms with van der Waals surface area (Å²) in [5.74, 6) is 1.63. The molecule has 0 spiro atoms. The number of methoxy groups -OCH3 is 2. The zero-order chi connectivity index (χ0) is 15.1. The Morgan fingerprint density at radius 2 is 1.85 bits per heavy atom. The first-order valence-corrected chi connectivity index (χ1v) is 6.79. The molecule has 0 radical (unpaired) electrons. The predicted molar refractivity (Wildman–Crippen MR) is 82.8 cm³/mol. The minimum absolute atomic E-state index is 0.106. The largest absolute Gasteiger partial charge is 0.497 e. The second kappa shape index (κ2) is 5.02. The summed E-state index contributed by atoms with van der Waals surface area (Å²) in [5, 5.41) is 1.13. The second-order valence-electron chi connectivity index (χ2n) is 5.83. The number of fused-ring (bicyclic) bond motifs is 1. The lowest BCUT2D eigenvalue weighted by atomic mass is 9.82. The van der Waals surface area contributed by atoms with Gasteiger partial charge in [-0.15, -0.1) is 0 Å². The van der Waals surface area contributed by atoms with Crippen molar-refractivity contribution in [2.75, 3.05) is 20.8 Å². The van der Waals surface area contributed by atoms with E-state index in [9.17, 15) is 0 Å². The van der Waals surface area contributed by atoms with Gasteiger partial charge in [0.2, 0.25) is 0 Å². The van der Waals surface area contributed by atoms with Crippen LogP contribution >= 0.6 is 0 Å². The molecule has 0 atom stereocenters. The van der Waals surface area contributed by atoms with Crippen LogP contribution in [0.5, 0.6) is 11.5 Å². The van der Waals surface area contributed by atoms with Crippen LogP contribution in [0.2, 0.25) is 0 Å². The molecule has 20 heavy (non-hydrogen) atoms. The number of benzene rings is 1. The predicted octanol–water partition coefficient (Wildman–Crippen LogP) is 2.74. The molecule has 2 N–H and O–H groups in total. The lowest BCUT2D eigenvalue weighted by Gasteiger charge is -2.24. The van der Waals surface area contributed by atoms with Crippen LogP contribution in [0, 0.1) is 6.92 Å². The van der Waals surface area contributed by atoms with Crippen molar-refractivity contribution in [2.45, 2.75) is 26.2 Å². The lowest BCUT2D eigenvalue weighted by Crippen LogP contribution is -2.28. The zero-order valence-electron chi connectivity index (χ0n) is 13.2. The van der Waals surface area contributed by atoms with E-state index in [1.807, 2.05) is 12.1 Å². The van der Waals surface area contributed by atoms with Crippen molar-refractivity contribution in [3.8, 4) is 11.5 Å². The number of nitrogens with two attached hydrogens (primary N) is 1. The van der Waals surface area contributed by atoms with E-state index in [4.69, 9.17) is 15.2 Å².